The molecule has 0 radical (unpaired) electrons. The highest BCUT2D eigenvalue weighted by molar-refractivity contribution is 7.17. The fraction of sp³-hybridized carbons (Fsp3) is 0.208. The molecular formula is C24H24N4O4S. The van der Waals surface area contributed by atoms with Crippen molar-refractivity contribution < 1.29 is 9.53 Å². The molecule has 170 valence electrons. The van der Waals surface area contributed by atoms with Crippen molar-refractivity contribution in [1.29, 1.82) is 0 Å². The van der Waals surface area contributed by atoms with E-state index in [0.717, 1.165) is 10.3 Å². The van der Waals surface area contributed by atoms with Gasteiger partial charge in [0.1, 0.15) is 17.0 Å². The van der Waals surface area contributed by atoms with Crippen LogP contribution in [0, 0.1) is 0 Å². The lowest BCUT2D eigenvalue weighted by molar-refractivity contribution is -0.116. The number of hydrogen-bond donors (Lipinski definition) is 1. The van der Waals surface area contributed by atoms with Gasteiger partial charge in [0.25, 0.3) is 5.56 Å². The van der Waals surface area contributed by atoms with Crippen molar-refractivity contribution in [2.75, 3.05) is 31.4 Å². The van der Waals surface area contributed by atoms with E-state index < -0.39 is 5.69 Å². The van der Waals surface area contributed by atoms with E-state index in [2.05, 4.69) is 5.32 Å². The molecule has 0 unspecified atom stereocenters. The molecule has 0 saturated carbocycles. The lowest BCUT2D eigenvalue weighted by Crippen LogP contribution is -2.41. The Morgan fingerprint density at radius 1 is 1.03 bits per heavy atom. The molecule has 0 bridgehead atoms. The van der Waals surface area contributed by atoms with Gasteiger partial charge in [-0.1, -0.05) is 18.2 Å². The number of para-hydroxylation sites is 1. The molecule has 0 aliphatic heterocycles. The Kier molecular flexibility index (Phi) is 6.32. The minimum atomic E-state index is -0.546. The third kappa shape index (κ3) is 4.54. The summed E-state index contributed by atoms with van der Waals surface area (Å²) in [4.78, 5) is 41.1. The molecule has 2 heterocycles. The number of carbonyl (C=O) groups excluding carboxylic acids is 1. The SMILES string of the molecule is COc1ccccc1Cn1c(=O)c2sccc2n(CC(=O)Nc2ccc(N(C)C)cc2)c1=O. The van der Waals surface area contributed by atoms with Crippen molar-refractivity contribution in [2.24, 2.45) is 0 Å². The summed E-state index contributed by atoms with van der Waals surface area (Å²) >= 11 is 1.25. The van der Waals surface area contributed by atoms with Crippen molar-refractivity contribution in [3.8, 4) is 5.75 Å². The van der Waals surface area contributed by atoms with Crippen molar-refractivity contribution in [3.05, 3.63) is 86.4 Å². The van der Waals surface area contributed by atoms with Gasteiger partial charge in [-0.05, 0) is 41.8 Å². The molecule has 2 aromatic heterocycles. The molecule has 0 saturated heterocycles. The molecule has 9 heteroatoms. The van der Waals surface area contributed by atoms with Gasteiger partial charge in [0.2, 0.25) is 5.91 Å². The van der Waals surface area contributed by atoms with Crippen molar-refractivity contribution in [3.63, 3.8) is 0 Å². The Balaban J connectivity index is 1.67. The number of benzene rings is 2. The molecule has 2 aromatic carbocycles. The van der Waals surface area contributed by atoms with Gasteiger partial charge in [0, 0.05) is 31.0 Å². The Bertz CT molecular complexity index is 1420. The van der Waals surface area contributed by atoms with E-state index in [-0.39, 0.29) is 24.6 Å². The second kappa shape index (κ2) is 9.33. The highest BCUT2D eigenvalue weighted by atomic mass is 32.1. The van der Waals surface area contributed by atoms with Crippen LogP contribution in [0.5, 0.6) is 5.75 Å². The minimum Gasteiger partial charge on any atom is -0.496 e. The number of methoxy groups -OCH3 is 1. The first kappa shape index (κ1) is 22.3. The van der Waals surface area contributed by atoms with Gasteiger partial charge in [-0.25, -0.2) is 4.79 Å². The maximum atomic E-state index is 13.3. The molecule has 0 aliphatic rings. The summed E-state index contributed by atoms with van der Waals surface area (Å²) < 4.78 is 8.28. The number of amides is 1. The number of anilines is 2. The number of carbonyl (C=O) groups is 1. The Hall–Kier alpha value is -3.85. The molecule has 0 aliphatic carbocycles. The zero-order valence-electron chi connectivity index (χ0n) is 18.6. The predicted molar refractivity (Wildman–Crippen MR) is 132 cm³/mol. The van der Waals surface area contributed by atoms with Gasteiger partial charge >= 0.3 is 5.69 Å². The largest absolute Gasteiger partial charge is 0.496 e. The Labute approximate surface area is 194 Å². The normalized spacial score (nSPS) is 10.9. The molecule has 1 N–H and O–H groups in total. The van der Waals surface area contributed by atoms with Gasteiger partial charge < -0.3 is 15.0 Å². The van der Waals surface area contributed by atoms with Crippen LogP contribution in [0.3, 0.4) is 0 Å². The molecule has 0 fully saturated rings. The van der Waals surface area contributed by atoms with Crippen LogP contribution in [0.1, 0.15) is 5.56 Å². The van der Waals surface area contributed by atoms with Crippen molar-refractivity contribution in [2.45, 2.75) is 13.1 Å². The van der Waals surface area contributed by atoms with E-state index in [0.29, 0.717) is 27.2 Å². The first-order valence-electron chi connectivity index (χ1n) is 10.3. The van der Waals surface area contributed by atoms with Crippen molar-refractivity contribution in [1.82, 2.24) is 9.13 Å². The number of hydrogen-bond acceptors (Lipinski definition) is 6. The Morgan fingerprint density at radius 3 is 2.45 bits per heavy atom. The van der Waals surface area contributed by atoms with Crippen LogP contribution in [0.15, 0.2) is 69.6 Å². The van der Waals surface area contributed by atoms with Crippen LogP contribution in [0.25, 0.3) is 10.2 Å². The molecule has 0 atom stereocenters. The first-order chi connectivity index (χ1) is 15.9. The van der Waals surface area contributed by atoms with Crippen LogP contribution in [-0.4, -0.2) is 36.2 Å². The molecule has 0 spiro atoms. The highest BCUT2D eigenvalue weighted by Gasteiger charge is 2.18. The Morgan fingerprint density at radius 2 is 1.76 bits per heavy atom. The standard InChI is InChI=1S/C24H24N4O4S/c1-26(2)18-10-8-17(9-11-18)25-21(29)15-27-19-12-13-33-22(19)23(30)28(24(27)31)14-16-6-4-5-7-20(16)32-3/h4-13H,14-15H2,1-3H3,(H,25,29). The first-order valence-corrected chi connectivity index (χ1v) is 11.2. The summed E-state index contributed by atoms with van der Waals surface area (Å²) in [6.45, 7) is -0.170. The molecule has 4 rings (SSSR count). The van der Waals surface area contributed by atoms with E-state index in [1.54, 1.807) is 35.7 Å². The van der Waals surface area contributed by atoms with Crippen LogP contribution < -0.4 is 26.2 Å². The van der Waals surface area contributed by atoms with Crippen LogP contribution in [-0.2, 0) is 17.9 Å². The average molecular weight is 465 g/mol. The third-order valence-corrected chi connectivity index (χ3v) is 6.22. The minimum absolute atomic E-state index is 0.0448. The van der Waals surface area contributed by atoms with Gasteiger partial charge in [-0.15, -0.1) is 11.3 Å². The fourth-order valence-electron chi connectivity index (χ4n) is 3.62. The maximum absolute atomic E-state index is 13.3. The zero-order chi connectivity index (χ0) is 23.5. The molecule has 8 nitrogen and oxygen atoms in total. The van der Waals surface area contributed by atoms with Crippen LogP contribution in [0.2, 0.25) is 0 Å². The van der Waals surface area contributed by atoms with Gasteiger partial charge in [-0.2, -0.15) is 0 Å². The van der Waals surface area contributed by atoms with E-state index in [9.17, 15) is 14.4 Å². The second-order valence-corrected chi connectivity index (χ2v) is 8.61. The second-order valence-electron chi connectivity index (χ2n) is 7.70. The lowest BCUT2D eigenvalue weighted by Gasteiger charge is -2.15. The molecule has 4 aromatic rings. The molecular weight excluding hydrogens is 440 g/mol. The summed E-state index contributed by atoms with van der Waals surface area (Å²) in [5.74, 6) is 0.227. The summed E-state index contributed by atoms with van der Waals surface area (Å²) in [5, 5.41) is 4.56. The summed E-state index contributed by atoms with van der Waals surface area (Å²) in [6.07, 6.45) is 0. The van der Waals surface area contributed by atoms with Crippen LogP contribution in [0.4, 0.5) is 11.4 Å². The third-order valence-electron chi connectivity index (χ3n) is 5.33. The summed E-state index contributed by atoms with van der Waals surface area (Å²) in [5.41, 5.74) is 1.85. The number of nitrogens with one attached hydrogen (secondary N) is 1. The number of ether oxygens (including phenoxy) is 1. The number of fused-ring (bicyclic) bond motifs is 1. The van der Waals surface area contributed by atoms with E-state index >= 15 is 0 Å². The molecule has 33 heavy (non-hydrogen) atoms. The number of aromatic nitrogens is 2. The summed E-state index contributed by atoms with van der Waals surface area (Å²) in [7, 11) is 5.41. The molecule has 1 amide bonds. The zero-order valence-corrected chi connectivity index (χ0v) is 19.4. The van der Waals surface area contributed by atoms with E-state index in [1.165, 1.54) is 23.0 Å². The number of rotatable bonds is 7. The van der Waals surface area contributed by atoms with Gasteiger partial charge in [0.05, 0.1) is 19.2 Å². The topological polar surface area (TPSA) is 85.6 Å². The van der Waals surface area contributed by atoms with E-state index in [4.69, 9.17) is 4.74 Å². The van der Waals surface area contributed by atoms with E-state index in [1.807, 2.05) is 43.3 Å². The maximum Gasteiger partial charge on any atom is 0.332 e. The van der Waals surface area contributed by atoms with Crippen LogP contribution >= 0.6 is 11.3 Å². The van der Waals surface area contributed by atoms with Crippen molar-refractivity contribution >= 4 is 38.8 Å². The number of nitrogens with zero attached hydrogens (tertiary/aromatic N) is 3. The smallest absolute Gasteiger partial charge is 0.332 e. The lowest BCUT2D eigenvalue weighted by atomic mass is 10.2. The quantitative estimate of drug-likeness (QED) is 0.455. The number of thiophene rings is 1. The summed E-state index contributed by atoms with van der Waals surface area (Å²) in [6, 6.07) is 16.3. The van der Waals surface area contributed by atoms with Gasteiger partial charge in [0.15, 0.2) is 0 Å². The monoisotopic (exact) mass is 464 g/mol. The highest BCUT2D eigenvalue weighted by Crippen LogP contribution is 2.20. The average Bonchev–Trinajstić information content (AvgIpc) is 3.30. The fourth-order valence-corrected chi connectivity index (χ4v) is 4.46. The van der Waals surface area contributed by atoms with Gasteiger partial charge in [-0.3, -0.25) is 18.7 Å². The predicted octanol–water partition coefficient (Wildman–Crippen LogP) is 2.99.